The van der Waals surface area contributed by atoms with Gasteiger partial charge in [0.2, 0.25) is 5.91 Å². The van der Waals surface area contributed by atoms with E-state index in [1.807, 2.05) is 0 Å². The van der Waals surface area contributed by atoms with E-state index in [0.717, 1.165) is 24.2 Å². The average molecular weight is 311 g/mol. The van der Waals surface area contributed by atoms with Crippen LogP contribution >= 0.6 is 11.8 Å². The standard InChI is InChI=1S/C15H18FNO3S/c16-11-5-7-12(8-6-11)21-10-14(18)17-9-3-1-2-4-13(17)15(19)20/h5-8,13H,1-4,9-10H2,(H,19,20). The first-order chi connectivity index (χ1) is 10.1. The highest BCUT2D eigenvalue weighted by Gasteiger charge is 2.30. The maximum absolute atomic E-state index is 12.8. The maximum Gasteiger partial charge on any atom is 0.326 e. The Kier molecular flexibility index (Phi) is 5.61. The van der Waals surface area contributed by atoms with E-state index in [2.05, 4.69) is 0 Å². The van der Waals surface area contributed by atoms with E-state index in [4.69, 9.17) is 0 Å². The van der Waals surface area contributed by atoms with Crippen molar-refractivity contribution < 1.29 is 19.1 Å². The van der Waals surface area contributed by atoms with Crippen LogP contribution in [0.5, 0.6) is 0 Å². The number of amides is 1. The first-order valence-electron chi connectivity index (χ1n) is 6.98. The Hall–Kier alpha value is -1.56. The molecule has 1 amide bonds. The normalized spacial score (nSPS) is 19.1. The van der Waals surface area contributed by atoms with Crippen LogP contribution in [0.15, 0.2) is 29.2 Å². The molecule has 1 N–H and O–H groups in total. The number of carbonyl (C=O) groups excluding carboxylic acids is 1. The van der Waals surface area contributed by atoms with E-state index in [0.29, 0.717) is 13.0 Å². The summed E-state index contributed by atoms with van der Waals surface area (Å²) in [6.45, 7) is 0.500. The smallest absolute Gasteiger partial charge is 0.326 e. The van der Waals surface area contributed by atoms with Gasteiger partial charge in [-0.15, -0.1) is 11.8 Å². The highest BCUT2D eigenvalue weighted by Crippen LogP contribution is 2.22. The summed E-state index contributed by atoms with van der Waals surface area (Å²) in [4.78, 5) is 25.8. The molecule has 1 saturated heterocycles. The molecule has 0 aliphatic carbocycles. The molecule has 0 aromatic heterocycles. The van der Waals surface area contributed by atoms with Gasteiger partial charge in [0.1, 0.15) is 11.9 Å². The second-order valence-electron chi connectivity index (χ2n) is 5.03. The van der Waals surface area contributed by atoms with Crippen molar-refractivity contribution in [2.24, 2.45) is 0 Å². The number of thioether (sulfide) groups is 1. The minimum absolute atomic E-state index is 0.168. The average Bonchev–Trinajstić information content (AvgIpc) is 2.72. The Morgan fingerprint density at radius 2 is 1.95 bits per heavy atom. The molecule has 6 heteroatoms. The van der Waals surface area contributed by atoms with Crippen LogP contribution in [-0.2, 0) is 9.59 Å². The van der Waals surface area contributed by atoms with Crippen molar-refractivity contribution >= 4 is 23.6 Å². The van der Waals surface area contributed by atoms with Crippen LogP contribution < -0.4 is 0 Å². The number of rotatable bonds is 4. The Bertz CT molecular complexity index is 506. The van der Waals surface area contributed by atoms with Gasteiger partial charge in [-0.05, 0) is 37.1 Å². The van der Waals surface area contributed by atoms with Crippen LogP contribution in [0.25, 0.3) is 0 Å². The molecule has 1 aliphatic heterocycles. The topological polar surface area (TPSA) is 57.6 Å². The molecule has 1 unspecified atom stereocenters. The molecule has 1 aromatic carbocycles. The number of carboxylic acid groups (broad SMARTS) is 1. The van der Waals surface area contributed by atoms with Gasteiger partial charge in [0.25, 0.3) is 0 Å². The van der Waals surface area contributed by atoms with Gasteiger partial charge >= 0.3 is 5.97 Å². The summed E-state index contributed by atoms with van der Waals surface area (Å²) < 4.78 is 12.8. The van der Waals surface area contributed by atoms with Gasteiger partial charge in [-0.25, -0.2) is 9.18 Å². The molecule has 0 spiro atoms. The summed E-state index contributed by atoms with van der Waals surface area (Å²) in [7, 11) is 0. The number of likely N-dealkylation sites (tertiary alicyclic amines) is 1. The number of carbonyl (C=O) groups is 2. The first kappa shape index (κ1) is 15.8. The zero-order chi connectivity index (χ0) is 15.2. The van der Waals surface area contributed by atoms with E-state index in [1.54, 1.807) is 12.1 Å². The van der Waals surface area contributed by atoms with Crippen molar-refractivity contribution in [2.75, 3.05) is 12.3 Å². The summed E-state index contributed by atoms with van der Waals surface area (Å²) in [5.41, 5.74) is 0. The van der Waals surface area contributed by atoms with Crippen LogP contribution in [0.4, 0.5) is 4.39 Å². The zero-order valence-corrected chi connectivity index (χ0v) is 12.4. The molecule has 1 fully saturated rings. The minimum Gasteiger partial charge on any atom is -0.480 e. The van der Waals surface area contributed by atoms with Crippen LogP contribution in [0, 0.1) is 5.82 Å². The van der Waals surface area contributed by atoms with Crippen LogP contribution in [-0.4, -0.2) is 40.2 Å². The van der Waals surface area contributed by atoms with Crippen LogP contribution in [0.3, 0.4) is 0 Å². The predicted octanol–water partition coefficient (Wildman–Crippen LogP) is 2.77. The molecule has 1 heterocycles. The number of halogens is 1. The minimum atomic E-state index is -0.933. The van der Waals surface area contributed by atoms with E-state index < -0.39 is 12.0 Å². The Morgan fingerprint density at radius 3 is 2.62 bits per heavy atom. The lowest BCUT2D eigenvalue weighted by Gasteiger charge is -2.26. The first-order valence-corrected chi connectivity index (χ1v) is 7.97. The van der Waals surface area contributed by atoms with Crippen molar-refractivity contribution in [3.63, 3.8) is 0 Å². The van der Waals surface area contributed by atoms with Crippen molar-refractivity contribution in [2.45, 2.75) is 36.6 Å². The highest BCUT2D eigenvalue weighted by molar-refractivity contribution is 8.00. The summed E-state index contributed by atoms with van der Waals surface area (Å²) >= 11 is 1.30. The molecular formula is C15H18FNO3S. The van der Waals surface area contributed by atoms with Gasteiger partial charge < -0.3 is 10.0 Å². The second kappa shape index (κ2) is 7.45. The monoisotopic (exact) mass is 311 g/mol. The Morgan fingerprint density at radius 1 is 1.24 bits per heavy atom. The lowest BCUT2D eigenvalue weighted by atomic mass is 10.1. The van der Waals surface area contributed by atoms with Crippen LogP contribution in [0.1, 0.15) is 25.7 Å². The third kappa shape index (κ3) is 4.46. The van der Waals surface area contributed by atoms with Gasteiger partial charge in [0, 0.05) is 11.4 Å². The number of benzene rings is 1. The van der Waals surface area contributed by atoms with Crippen molar-refractivity contribution in [3.8, 4) is 0 Å². The predicted molar refractivity (Wildman–Crippen MR) is 78.7 cm³/mol. The SMILES string of the molecule is O=C(O)C1CCCCCN1C(=O)CSc1ccc(F)cc1. The molecule has 4 nitrogen and oxygen atoms in total. The summed E-state index contributed by atoms with van der Waals surface area (Å²) in [6, 6.07) is 5.21. The van der Waals surface area contributed by atoms with E-state index in [1.165, 1.54) is 28.8 Å². The quantitative estimate of drug-likeness (QED) is 0.869. The second-order valence-corrected chi connectivity index (χ2v) is 6.08. The molecule has 1 aliphatic rings. The van der Waals surface area contributed by atoms with Crippen molar-refractivity contribution in [1.82, 2.24) is 4.90 Å². The maximum atomic E-state index is 12.8. The van der Waals surface area contributed by atoms with Gasteiger partial charge in [0.05, 0.1) is 5.75 Å². The van der Waals surface area contributed by atoms with E-state index in [9.17, 15) is 19.1 Å². The number of nitrogens with zero attached hydrogens (tertiary/aromatic N) is 1. The van der Waals surface area contributed by atoms with Gasteiger partial charge in [-0.1, -0.05) is 12.8 Å². The lowest BCUT2D eigenvalue weighted by molar-refractivity contribution is -0.149. The third-order valence-corrected chi connectivity index (χ3v) is 4.53. The molecular weight excluding hydrogens is 293 g/mol. The van der Waals surface area contributed by atoms with E-state index in [-0.39, 0.29) is 17.5 Å². The Labute approximate surface area is 127 Å². The number of aliphatic carboxylic acids is 1. The fourth-order valence-electron chi connectivity index (χ4n) is 2.42. The number of hydrogen-bond donors (Lipinski definition) is 1. The number of hydrogen-bond acceptors (Lipinski definition) is 3. The summed E-state index contributed by atoms with van der Waals surface area (Å²) in [5.74, 6) is -1.24. The third-order valence-electron chi connectivity index (χ3n) is 3.53. The van der Waals surface area contributed by atoms with Crippen molar-refractivity contribution in [1.29, 1.82) is 0 Å². The summed E-state index contributed by atoms with van der Waals surface area (Å²) in [6.07, 6.45) is 3.16. The fraction of sp³-hybridized carbons (Fsp3) is 0.467. The van der Waals surface area contributed by atoms with Gasteiger partial charge in [-0.2, -0.15) is 0 Å². The Balaban J connectivity index is 1.96. The molecule has 2 rings (SSSR count). The zero-order valence-electron chi connectivity index (χ0n) is 11.6. The molecule has 0 radical (unpaired) electrons. The molecule has 21 heavy (non-hydrogen) atoms. The molecule has 0 saturated carbocycles. The summed E-state index contributed by atoms with van der Waals surface area (Å²) in [5, 5.41) is 9.26. The molecule has 114 valence electrons. The van der Waals surface area contributed by atoms with Gasteiger partial charge in [-0.3, -0.25) is 4.79 Å². The van der Waals surface area contributed by atoms with Gasteiger partial charge in [0.15, 0.2) is 0 Å². The largest absolute Gasteiger partial charge is 0.480 e. The highest BCUT2D eigenvalue weighted by atomic mass is 32.2. The lowest BCUT2D eigenvalue weighted by Crippen LogP contribution is -2.45. The molecule has 1 atom stereocenters. The van der Waals surface area contributed by atoms with Crippen LogP contribution in [0.2, 0.25) is 0 Å². The fourth-order valence-corrected chi connectivity index (χ4v) is 3.21. The molecule has 1 aromatic rings. The number of carboxylic acids is 1. The van der Waals surface area contributed by atoms with Crippen molar-refractivity contribution in [3.05, 3.63) is 30.1 Å². The van der Waals surface area contributed by atoms with E-state index >= 15 is 0 Å². The molecule has 0 bridgehead atoms.